The number of rotatable bonds is 5. The van der Waals surface area contributed by atoms with Crippen LogP contribution in [0.25, 0.3) is 0 Å². The van der Waals surface area contributed by atoms with Crippen LogP contribution < -0.4 is 5.32 Å². The molecule has 7 heteroatoms. The minimum atomic E-state index is -0.167. The first-order valence-corrected chi connectivity index (χ1v) is 8.90. The zero-order valence-corrected chi connectivity index (χ0v) is 16.1. The fourth-order valence-electron chi connectivity index (χ4n) is 2.88. The first kappa shape index (κ1) is 18.2. The molecule has 0 spiro atoms. The Kier molecular flexibility index (Phi) is 5.13. The quantitative estimate of drug-likeness (QED) is 0.737. The number of carbonyl (C=O) groups is 1. The van der Waals surface area contributed by atoms with Crippen LogP contribution in [0.2, 0.25) is 5.02 Å². The van der Waals surface area contributed by atoms with Crippen molar-refractivity contribution in [2.45, 2.75) is 40.8 Å². The zero-order valence-electron chi connectivity index (χ0n) is 15.4. The maximum atomic E-state index is 12.7. The molecule has 2 heterocycles. The normalized spacial score (nSPS) is 11.0. The molecular formula is C19H22ClN5O. The van der Waals surface area contributed by atoms with Crippen molar-refractivity contribution in [1.82, 2.24) is 19.6 Å². The number of halogens is 1. The Morgan fingerprint density at radius 1 is 1.12 bits per heavy atom. The van der Waals surface area contributed by atoms with Gasteiger partial charge in [0.15, 0.2) is 0 Å². The summed E-state index contributed by atoms with van der Waals surface area (Å²) in [5.41, 5.74) is 4.83. The maximum absolute atomic E-state index is 12.7. The predicted octanol–water partition coefficient (Wildman–Crippen LogP) is 3.98. The molecule has 0 bridgehead atoms. The van der Waals surface area contributed by atoms with Gasteiger partial charge in [0.1, 0.15) is 0 Å². The highest BCUT2D eigenvalue weighted by Crippen LogP contribution is 2.22. The predicted molar refractivity (Wildman–Crippen MR) is 103 cm³/mol. The molecule has 1 N–H and O–H groups in total. The van der Waals surface area contributed by atoms with Gasteiger partial charge >= 0.3 is 0 Å². The van der Waals surface area contributed by atoms with Crippen molar-refractivity contribution < 1.29 is 4.79 Å². The van der Waals surface area contributed by atoms with E-state index in [1.165, 1.54) is 0 Å². The first-order valence-electron chi connectivity index (χ1n) is 8.53. The number of aryl methyl sites for hydroxylation is 3. The van der Waals surface area contributed by atoms with E-state index < -0.39 is 0 Å². The topological polar surface area (TPSA) is 64.7 Å². The summed E-state index contributed by atoms with van der Waals surface area (Å²) in [5, 5.41) is 12.6. The summed E-state index contributed by atoms with van der Waals surface area (Å²) in [4.78, 5) is 12.7. The van der Waals surface area contributed by atoms with Crippen LogP contribution in [0.15, 0.2) is 30.5 Å². The molecule has 0 fully saturated rings. The number of aromatic nitrogens is 4. The summed E-state index contributed by atoms with van der Waals surface area (Å²) in [6, 6.07) is 7.66. The highest BCUT2D eigenvalue weighted by molar-refractivity contribution is 6.30. The van der Waals surface area contributed by atoms with Gasteiger partial charge in [-0.15, -0.1) is 0 Å². The summed E-state index contributed by atoms with van der Waals surface area (Å²) in [6.07, 6.45) is 1.77. The molecule has 136 valence electrons. The fourth-order valence-corrected chi connectivity index (χ4v) is 3.00. The summed E-state index contributed by atoms with van der Waals surface area (Å²) in [7, 11) is 0. The SMILES string of the molecule is CCn1cc(C(=O)Nc2c(C)nn(Cc3ccc(Cl)cc3)c2C)c(C)n1. The van der Waals surface area contributed by atoms with Gasteiger partial charge in [0.25, 0.3) is 5.91 Å². The molecule has 1 aromatic carbocycles. The molecule has 3 aromatic rings. The lowest BCUT2D eigenvalue weighted by molar-refractivity contribution is 0.102. The standard InChI is InChI=1S/C19H22ClN5O/c1-5-24-11-17(12(2)22-24)19(26)21-18-13(3)23-25(14(18)4)10-15-6-8-16(20)9-7-15/h6-9,11H,5,10H2,1-4H3,(H,21,26). The molecule has 0 atom stereocenters. The number of anilines is 1. The second-order valence-electron chi connectivity index (χ2n) is 6.27. The highest BCUT2D eigenvalue weighted by Gasteiger charge is 2.18. The van der Waals surface area contributed by atoms with Gasteiger partial charge in [-0.25, -0.2) is 0 Å². The third kappa shape index (κ3) is 3.65. The van der Waals surface area contributed by atoms with E-state index in [-0.39, 0.29) is 5.91 Å². The zero-order chi connectivity index (χ0) is 18.8. The molecule has 0 unspecified atom stereocenters. The number of amides is 1. The van der Waals surface area contributed by atoms with Crippen molar-refractivity contribution in [3.05, 3.63) is 63.7 Å². The van der Waals surface area contributed by atoms with Crippen molar-refractivity contribution in [1.29, 1.82) is 0 Å². The molecule has 26 heavy (non-hydrogen) atoms. The largest absolute Gasteiger partial charge is 0.319 e. The van der Waals surface area contributed by atoms with E-state index in [4.69, 9.17) is 11.6 Å². The third-order valence-corrected chi connectivity index (χ3v) is 4.63. The van der Waals surface area contributed by atoms with Crippen LogP contribution in [0.3, 0.4) is 0 Å². The van der Waals surface area contributed by atoms with Crippen LogP contribution in [0.5, 0.6) is 0 Å². The summed E-state index contributed by atoms with van der Waals surface area (Å²) in [6.45, 7) is 9.02. The van der Waals surface area contributed by atoms with Gasteiger partial charge in [0.05, 0.1) is 34.9 Å². The van der Waals surface area contributed by atoms with Crippen LogP contribution in [0, 0.1) is 20.8 Å². The molecular weight excluding hydrogens is 350 g/mol. The summed E-state index contributed by atoms with van der Waals surface area (Å²) in [5.74, 6) is -0.167. The van der Waals surface area contributed by atoms with Crippen LogP contribution in [0.1, 0.15) is 39.9 Å². The number of carbonyl (C=O) groups excluding carboxylic acids is 1. The van der Waals surface area contributed by atoms with Gasteiger partial charge in [-0.1, -0.05) is 23.7 Å². The Hall–Kier alpha value is -2.60. The van der Waals surface area contributed by atoms with Crippen molar-refractivity contribution in [3.63, 3.8) is 0 Å². The van der Waals surface area contributed by atoms with E-state index in [2.05, 4.69) is 15.5 Å². The molecule has 6 nitrogen and oxygen atoms in total. The maximum Gasteiger partial charge on any atom is 0.259 e. The minimum absolute atomic E-state index is 0.167. The first-order chi connectivity index (χ1) is 12.4. The lowest BCUT2D eigenvalue weighted by Crippen LogP contribution is -2.14. The Balaban J connectivity index is 1.82. The lowest BCUT2D eigenvalue weighted by atomic mass is 10.2. The molecule has 2 aromatic heterocycles. The number of nitrogens with one attached hydrogen (secondary N) is 1. The molecule has 0 aliphatic rings. The molecule has 1 amide bonds. The van der Waals surface area contributed by atoms with Crippen LogP contribution in [-0.4, -0.2) is 25.5 Å². The van der Waals surface area contributed by atoms with E-state index in [0.717, 1.165) is 29.2 Å². The molecule has 0 aliphatic heterocycles. The van der Waals surface area contributed by atoms with Crippen molar-refractivity contribution in [3.8, 4) is 0 Å². The van der Waals surface area contributed by atoms with E-state index in [1.54, 1.807) is 10.9 Å². The van der Waals surface area contributed by atoms with Crippen molar-refractivity contribution in [2.24, 2.45) is 0 Å². The lowest BCUT2D eigenvalue weighted by Gasteiger charge is -2.07. The van der Waals surface area contributed by atoms with Gasteiger partial charge in [-0.3, -0.25) is 14.2 Å². The number of hydrogen-bond acceptors (Lipinski definition) is 3. The number of benzene rings is 1. The Bertz CT molecular complexity index is 940. The van der Waals surface area contributed by atoms with Crippen LogP contribution in [0.4, 0.5) is 5.69 Å². The van der Waals surface area contributed by atoms with E-state index >= 15 is 0 Å². The van der Waals surface area contributed by atoms with Crippen LogP contribution in [-0.2, 0) is 13.1 Å². The molecule has 0 radical (unpaired) electrons. The molecule has 0 saturated heterocycles. The molecule has 0 saturated carbocycles. The average molecular weight is 372 g/mol. The van der Waals surface area contributed by atoms with Gasteiger partial charge in [-0.2, -0.15) is 10.2 Å². The molecule has 3 rings (SSSR count). The Labute approximate surface area is 157 Å². The Morgan fingerprint density at radius 3 is 2.42 bits per heavy atom. The number of nitrogens with zero attached hydrogens (tertiary/aromatic N) is 4. The van der Waals surface area contributed by atoms with Crippen molar-refractivity contribution in [2.75, 3.05) is 5.32 Å². The second-order valence-corrected chi connectivity index (χ2v) is 6.70. The van der Waals surface area contributed by atoms with Crippen molar-refractivity contribution >= 4 is 23.2 Å². The van der Waals surface area contributed by atoms with Gasteiger partial charge < -0.3 is 5.32 Å². The Morgan fingerprint density at radius 2 is 1.81 bits per heavy atom. The average Bonchev–Trinajstić information content (AvgIpc) is 3.12. The highest BCUT2D eigenvalue weighted by atomic mass is 35.5. The summed E-state index contributed by atoms with van der Waals surface area (Å²) >= 11 is 5.94. The second kappa shape index (κ2) is 7.33. The smallest absolute Gasteiger partial charge is 0.259 e. The third-order valence-electron chi connectivity index (χ3n) is 4.38. The van der Waals surface area contributed by atoms with E-state index in [0.29, 0.717) is 22.8 Å². The van der Waals surface area contributed by atoms with Crippen LogP contribution >= 0.6 is 11.6 Å². The van der Waals surface area contributed by atoms with Gasteiger partial charge in [0, 0.05) is 17.8 Å². The summed E-state index contributed by atoms with van der Waals surface area (Å²) < 4.78 is 3.64. The fraction of sp³-hybridized carbons (Fsp3) is 0.316. The molecule has 0 aliphatic carbocycles. The monoisotopic (exact) mass is 371 g/mol. The van der Waals surface area contributed by atoms with Gasteiger partial charge in [-0.05, 0) is 45.4 Å². The minimum Gasteiger partial charge on any atom is -0.319 e. The van der Waals surface area contributed by atoms with Gasteiger partial charge in [0.2, 0.25) is 0 Å². The number of hydrogen-bond donors (Lipinski definition) is 1. The van der Waals surface area contributed by atoms with E-state index in [1.807, 2.05) is 56.6 Å². The van der Waals surface area contributed by atoms with E-state index in [9.17, 15) is 4.79 Å².